The van der Waals surface area contributed by atoms with Crippen LogP contribution in [0.3, 0.4) is 0 Å². The van der Waals surface area contributed by atoms with Gasteiger partial charge in [0.15, 0.2) is 11.5 Å². The molecule has 1 fully saturated rings. The average Bonchev–Trinajstić information content (AvgIpc) is 3.00. The van der Waals surface area contributed by atoms with Crippen molar-refractivity contribution in [3.05, 3.63) is 53.6 Å². The van der Waals surface area contributed by atoms with E-state index in [1.54, 1.807) is 23.7 Å². The molecule has 222 valence electrons. The zero-order chi connectivity index (χ0) is 30.1. The molecule has 5 N–H and O–H groups in total. The summed E-state index contributed by atoms with van der Waals surface area (Å²) in [6.45, 7) is 3.91. The van der Waals surface area contributed by atoms with Gasteiger partial charge in [-0.1, -0.05) is 25.0 Å². The van der Waals surface area contributed by atoms with Gasteiger partial charge in [0.25, 0.3) is 0 Å². The number of amides is 1. The first kappa shape index (κ1) is 30.6. The molecule has 0 saturated carbocycles. The number of carbonyl (C=O) groups is 1. The number of nitrogens with zero attached hydrogens (tertiary/aromatic N) is 3. The van der Waals surface area contributed by atoms with Crippen LogP contribution in [0.15, 0.2) is 42.5 Å². The number of hydrogen-bond acceptors (Lipinski definition) is 9. The Kier molecular flexibility index (Phi) is 10.6. The maximum Gasteiger partial charge on any atom is 0.243 e. The molecule has 2 heterocycles. The van der Waals surface area contributed by atoms with Crippen LogP contribution >= 0.6 is 0 Å². The molecule has 1 amide bonds. The van der Waals surface area contributed by atoms with E-state index in [2.05, 4.69) is 11.0 Å². The SMILES string of the molecule is COc1ccc(-c2c(OCCCCCCC(=O)NO)cc(N3CCC(N)CC3)nc2-c2ccc(C#N)c(C)c2)cc1O. The molecule has 2 aromatic carbocycles. The highest BCUT2D eigenvalue weighted by atomic mass is 16.5. The molecule has 0 radical (unpaired) electrons. The second-order valence-electron chi connectivity index (χ2n) is 10.6. The van der Waals surface area contributed by atoms with Crippen molar-refractivity contribution in [3.63, 3.8) is 0 Å². The highest BCUT2D eigenvalue weighted by Gasteiger charge is 2.24. The number of pyridine rings is 1. The minimum atomic E-state index is -0.382. The van der Waals surface area contributed by atoms with Gasteiger partial charge in [-0.25, -0.2) is 10.5 Å². The van der Waals surface area contributed by atoms with Gasteiger partial charge < -0.3 is 25.2 Å². The summed E-state index contributed by atoms with van der Waals surface area (Å²) < 4.78 is 11.7. The third-order valence-electron chi connectivity index (χ3n) is 7.60. The van der Waals surface area contributed by atoms with Gasteiger partial charge in [0.05, 0.1) is 36.6 Å². The largest absolute Gasteiger partial charge is 0.504 e. The van der Waals surface area contributed by atoms with Gasteiger partial charge in [-0.2, -0.15) is 5.26 Å². The fourth-order valence-electron chi connectivity index (χ4n) is 5.16. The summed E-state index contributed by atoms with van der Waals surface area (Å²) in [5, 5.41) is 28.9. The molecule has 0 atom stereocenters. The number of hydrogen-bond donors (Lipinski definition) is 4. The van der Waals surface area contributed by atoms with E-state index in [1.807, 2.05) is 31.2 Å². The van der Waals surface area contributed by atoms with E-state index >= 15 is 0 Å². The Bertz CT molecular complexity index is 1430. The van der Waals surface area contributed by atoms with Crippen LogP contribution in [0.1, 0.15) is 56.1 Å². The second kappa shape index (κ2) is 14.5. The molecule has 10 heteroatoms. The van der Waals surface area contributed by atoms with Crippen molar-refractivity contribution < 1.29 is 24.6 Å². The normalized spacial score (nSPS) is 13.5. The molecule has 4 rings (SSSR count). The Morgan fingerprint density at radius 2 is 1.83 bits per heavy atom. The van der Waals surface area contributed by atoms with Gasteiger partial charge in [0.2, 0.25) is 5.91 Å². The van der Waals surface area contributed by atoms with Gasteiger partial charge in [0.1, 0.15) is 11.6 Å². The molecule has 42 heavy (non-hydrogen) atoms. The van der Waals surface area contributed by atoms with Crippen molar-refractivity contribution in [2.75, 3.05) is 31.7 Å². The lowest BCUT2D eigenvalue weighted by Gasteiger charge is -2.32. The average molecular weight is 574 g/mol. The highest BCUT2D eigenvalue weighted by molar-refractivity contribution is 5.88. The summed E-state index contributed by atoms with van der Waals surface area (Å²) in [6.07, 6.45) is 5.17. The number of aryl methyl sites for hydroxylation is 1. The maximum atomic E-state index is 11.3. The molecule has 0 spiro atoms. The predicted octanol–water partition coefficient (Wildman–Crippen LogP) is 5.07. The number of nitrogens with two attached hydrogens (primary N) is 1. The summed E-state index contributed by atoms with van der Waals surface area (Å²) >= 11 is 0. The Morgan fingerprint density at radius 1 is 1.10 bits per heavy atom. The smallest absolute Gasteiger partial charge is 0.243 e. The van der Waals surface area contributed by atoms with Crippen molar-refractivity contribution in [2.24, 2.45) is 5.73 Å². The molecule has 1 saturated heterocycles. The van der Waals surface area contributed by atoms with Crippen LogP contribution in [0.25, 0.3) is 22.4 Å². The number of methoxy groups -OCH3 is 1. The van der Waals surface area contributed by atoms with Crippen molar-refractivity contribution in [2.45, 2.75) is 57.9 Å². The third kappa shape index (κ3) is 7.49. The number of phenolic OH excluding ortho intramolecular Hbond substituents is 1. The molecular weight excluding hydrogens is 534 g/mol. The van der Waals surface area contributed by atoms with Crippen molar-refractivity contribution in [1.82, 2.24) is 10.5 Å². The molecule has 1 aliphatic heterocycles. The first-order valence-corrected chi connectivity index (χ1v) is 14.3. The fourth-order valence-corrected chi connectivity index (χ4v) is 5.16. The van der Waals surface area contributed by atoms with Crippen LogP contribution in [-0.4, -0.2) is 54.1 Å². The number of hydroxylamine groups is 1. The summed E-state index contributed by atoms with van der Waals surface area (Å²) in [5.41, 5.74) is 12.2. The van der Waals surface area contributed by atoms with E-state index in [0.29, 0.717) is 35.8 Å². The van der Waals surface area contributed by atoms with E-state index in [1.165, 1.54) is 7.11 Å². The monoisotopic (exact) mass is 573 g/mol. The number of carbonyl (C=O) groups excluding carboxylic acids is 1. The van der Waals surface area contributed by atoms with Crippen LogP contribution in [0.5, 0.6) is 17.2 Å². The maximum absolute atomic E-state index is 11.3. The highest BCUT2D eigenvalue weighted by Crippen LogP contribution is 2.43. The number of aromatic hydroxyl groups is 1. The van der Waals surface area contributed by atoms with Crippen molar-refractivity contribution >= 4 is 11.7 Å². The van der Waals surface area contributed by atoms with E-state index < -0.39 is 0 Å². The van der Waals surface area contributed by atoms with Gasteiger partial charge in [-0.15, -0.1) is 0 Å². The summed E-state index contributed by atoms with van der Waals surface area (Å²) in [5.74, 6) is 1.40. The minimum absolute atomic E-state index is 0.00363. The summed E-state index contributed by atoms with van der Waals surface area (Å²) in [4.78, 5) is 18.6. The number of nitriles is 1. The number of rotatable bonds is 12. The van der Waals surface area contributed by atoms with Crippen LogP contribution in [0.2, 0.25) is 0 Å². The Labute approximate surface area is 246 Å². The summed E-state index contributed by atoms with van der Waals surface area (Å²) in [6, 6.07) is 15.2. The van der Waals surface area contributed by atoms with Crippen LogP contribution in [0, 0.1) is 18.3 Å². The summed E-state index contributed by atoms with van der Waals surface area (Å²) in [7, 11) is 1.51. The van der Waals surface area contributed by atoms with Crippen molar-refractivity contribution in [1.29, 1.82) is 5.26 Å². The minimum Gasteiger partial charge on any atom is -0.504 e. The first-order chi connectivity index (χ1) is 20.3. The Hall–Kier alpha value is -4.33. The standard InChI is InChI=1S/C32H39N5O5/c1-21-17-23(8-9-24(21)20-33)32-31(22-10-11-27(41-2)26(38)18-22)28(42-16-6-4-3-5-7-30(39)36-40)19-29(35-32)37-14-12-25(34)13-15-37/h8-11,17-19,25,38,40H,3-7,12-16,34H2,1-2H3,(H,36,39). The number of ether oxygens (including phenoxy) is 2. The third-order valence-corrected chi connectivity index (χ3v) is 7.60. The van der Waals surface area contributed by atoms with E-state index in [0.717, 1.165) is 73.3 Å². The Morgan fingerprint density at radius 3 is 2.50 bits per heavy atom. The predicted molar refractivity (Wildman–Crippen MR) is 161 cm³/mol. The van der Waals surface area contributed by atoms with Gasteiger partial charge in [0, 0.05) is 37.2 Å². The number of nitrogens with one attached hydrogen (secondary N) is 1. The fraction of sp³-hybridized carbons (Fsp3) is 0.406. The molecule has 1 aromatic heterocycles. The van der Waals surface area contributed by atoms with Gasteiger partial charge >= 0.3 is 0 Å². The van der Waals surface area contributed by atoms with Crippen LogP contribution in [0.4, 0.5) is 5.82 Å². The molecule has 0 bridgehead atoms. The molecule has 10 nitrogen and oxygen atoms in total. The molecule has 1 aliphatic rings. The van der Waals surface area contributed by atoms with Crippen LogP contribution in [-0.2, 0) is 4.79 Å². The number of unbranched alkanes of at least 4 members (excludes halogenated alkanes) is 3. The van der Waals surface area contributed by atoms with E-state index in [4.69, 9.17) is 25.4 Å². The Balaban J connectivity index is 1.74. The molecule has 0 unspecified atom stereocenters. The quantitative estimate of drug-likeness (QED) is 0.132. The zero-order valence-corrected chi connectivity index (χ0v) is 24.2. The van der Waals surface area contributed by atoms with E-state index in [-0.39, 0.29) is 24.1 Å². The van der Waals surface area contributed by atoms with E-state index in [9.17, 15) is 15.2 Å². The lowest BCUT2D eigenvalue weighted by Crippen LogP contribution is -2.40. The molecule has 3 aromatic rings. The lowest BCUT2D eigenvalue weighted by atomic mass is 9.95. The number of benzene rings is 2. The lowest BCUT2D eigenvalue weighted by molar-refractivity contribution is -0.129. The number of anilines is 1. The number of phenols is 1. The molecular formula is C32H39N5O5. The first-order valence-electron chi connectivity index (χ1n) is 14.3. The van der Waals surface area contributed by atoms with Crippen LogP contribution < -0.4 is 25.6 Å². The molecule has 0 aliphatic carbocycles. The topological polar surface area (TPSA) is 154 Å². The van der Waals surface area contributed by atoms with Gasteiger partial charge in [-0.05, 0) is 68.0 Å². The second-order valence-corrected chi connectivity index (χ2v) is 10.6. The number of aromatic nitrogens is 1. The van der Waals surface area contributed by atoms with Crippen molar-refractivity contribution in [3.8, 4) is 45.7 Å². The number of piperidine rings is 1. The zero-order valence-electron chi connectivity index (χ0n) is 24.2. The van der Waals surface area contributed by atoms with Gasteiger partial charge in [-0.3, -0.25) is 10.0 Å².